The van der Waals surface area contributed by atoms with Crippen LogP contribution in [0.1, 0.15) is 48.6 Å². The van der Waals surface area contributed by atoms with Gasteiger partial charge < -0.3 is 0 Å². The van der Waals surface area contributed by atoms with Crippen LogP contribution in [0.4, 0.5) is 0 Å². The molecule has 98 valence electrons. The van der Waals surface area contributed by atoms with Gasteiger partial charge in [-0.2, -0.15) is 5.10 Å². The van der Waals surface area contributed by atoms with E-state index in [1.165, 1.54) is 55.3 Å². The van der Waals surface area contributed by atoms with E-state index in [1.54, 1.807) is 0 Å². The van der Waals surface area contributed by atoms with E-state index >= 15 is 0 Å². The largest absolute Gasteiger partial charge is 0.272 e. The maximum atomic E-state index is 5.45. The highest BCUT2D eigenvalue weighted by Crippen LogP contribution is 2.40. The van der Waals surface area contributed by atoms with Gasteiger partial charge in [-0.05, 0) is 67.9 Å². The second-order valence-electron chi connectivity index (χ2n) is 5.62. The summed E-state index contributed by atoms with van der Waals surface area (Å²) in [7, 11) is 0. The highest BCUT2D eigenvalue weighted by Gasteiger charge is 2.30. The average Bonchev–Trinajstić information content (AvgIpc) is 3.22. The van der Waals surface area contributed by atoms with E-state index in [-0.39, 0.29) is 0 Å². The topological polar surface area (TPSA) is 33.6 Å². The van der Waals surface area contributed by atoms with Gasteiger partial charge in [-0.25, -0.2) is 0 Å². The molecule has 0 amide bonds. The van der Waals surface area contributed by atoms with E-state index in [4.69, 9.17) is 12.2 Å². The Bertz CT molecular complexity index is 679. The lowest BCUT2D eigenvalue weighted by Crippen LogP contribution is -2.10. The zero-order valence-corrected chi connectivity index (χ0v) is 11.7. The first-order valence-corrected chi connectivity index (χ1v) is 7.54. The van der Waals surface area contributed by atoms with Crippen molar-refractivity contribution in [2.75, 3.05) is 0 Å². The summed E-state index contributed by atoms with van der Waals surface area (Å²) in [4.78, 5) is 0. The molecule has 0 spiro atoms. The molecule has 0 saturated heterocycles. The Labute approximate surface area is 117 Å². The fraction of sp³-hybridized carbons (Fsp3) is 0.467. The minimum atomic E-state index is 0.604. The van der Waals surface area contributed by atoms with Gasteiger partial charge in [-0.1, -0.05) is 12.1 Å². The molecule has 3 nitrogen and oxygen atoms in total. The fourth-order valence-electron chi connectivity index (χ4n) is 3.13. The quantitative estimate of drug-likeness (QED) is 0.845. The number of hydrogen-bond acceptors (Lipinski definition) is 2. The predicted octanol–water partition coefficient (Wildman–Crippen LogP) is 3.69. The Balaban J connectivity index is 1.93. The maximum absolute atomic E-state index is 5.45. The Morgan fingerprint density at radius 3 is 2.89 bits per heavy atom. The molecule has 2 aliphatic carbocycles. The van der Waals surface area contributed by atoms with Crippen molar-refractivity contribution in [3.05, 3.63) is 39.9 Å². The summed E-state index contributed by atoms with van der Waals surface area (Å²) in [5.41, 5.74) is 4.24. The molecule has 1 fully saturated rings. The summed E-state index contributed by atoms with van der Waals surface area (Å²) in [6, 6.07) is 6.62. The predicted molar refractivity (Wildman–Crippen MR) is 77.4 cm³/mol. The molecule has 2 aliphatic rings. The normalized spacial score (nSPS) is 18.3. The van der Waals surface area contributed by atoms with Crippen LogP contribution < -0.4 is 0 Å². The van der Waals surface area contributed by atoms with Gasteiger partial charge in [0.15, 0.2) is 4.77 Å². The minimum Gasteiger partial charge on any atom is -0.272 e. The van der Waals surface area contributed by atoms with Crippen LogP contribution in [0.25, 0.3) is 5.69 Å². The Hall–Kier alpha value is -1.42. The van der Waals surface area contributed by atoms with Crippen LogP contribution in [0.3, 0.4) is 0 Å². The Morgan fingerprint density at radius 2 is 2.05 bits per heavy atom. The van der Waals surface area contributed by atoms with Crippen LogP contribution in [0.15, 0.2) is 18.2 Å². The first-order chi connectivity index (χ1) is 9.34. The minimum absolute atomic E-state index is 0.604. The molecule has 1 N–H and O–H groups in total. The summed E-state index contributed by atoms with van der Waals surface area (Å²) >= 11 is 5.45. The monoisotopic (exact) mass is 271 g/mol. The molecule has 1 aromatic carbocycles. The lowest BCUT2D eigenvalue weighted by atomic mass is 9.90. The molecule has 0 bridgehead atoms. The van der Waals surface area contributed by atoms with E-state index < -0.39 is 0 Å². The molecule has 1 aromatic heterocycles. The Morgan fingerprint density at radius 1 is 1.21 bits per heavy atom. The number of aromatic nitrogens is 3. The maximum Gasteiger partial charge on any atom is 0.199 e. The second-order valence-corrected chi connectivity index (χ2v) is 6.01. The number of aromatic amines is 1. The third kappa shape index (κ3) is 1.86. The number of H-pyrrole nitrogens is 1. The van der Waals surface area contributed by atoms with Crippen molar-refractivity contribution in [2.24, 2.45) is 0 Å². The number of nitrogens with one attached hydrogen (secondary N) is 1. The molecule has 0 unspecified atom stereocenters. The lowest BCUT2D eigenvalue weighted by Gasteiger charge is -2.20. The van der Waals surface area contributed by atoms with Gasteiger partial charge in [-0.3, -0.25) is 9.67 Å². The molecule has 4 heteroatoms. The molecule has 2 aromatic rings. The third-order valence-corrected chi connectivity index (χ3v) is 4.53. The number of fused-ring (bicyclic) bond motifs is 1. The standard InChI is InChI=1S/C15H17N3S/c19-15-17-16-14(11-8-9-11)18(15)13-7-3-5-10-4-1-2-6-12(10)13/h3,5,7,11H,1-2,4,6,8-9H2,(H,17,19). The van der Waals surface area contributed by atoms with Crippen molar-refractivity contribution in [2.45, 2.75) is 44.4 Å². The summed E-state index contributed by atoms with van der Waals surface area (Å²) in [5, 5.41) is 7.43. The summed E-state index contributed by atoms with van der Waals surface area (Å²) in [6.07, 6.45) is 7.45. The van der Waals surface area contributed by atoms with E-state index in [2.05, 4.69) is 33.0 Å². The van der Waals surface area contributed by atoms with Gasteiger partial charge in [-0.15, -0.1) is 0 Å². The molecular formula is C15H17N3S. The van der Waals surface area contributed by atoms with E-state index in [1.807, 2.05) is 0 Å². The van der Waals surface area contributed by atoms with Crippen molar-refractivity contribution < 1.29 is 0 Å². The molecule has 19 heavy (non-hydrogen) atoms. The van der Waals surface area contributed by atoms with Crippen molar-refractivity contribution >= 4 is 12.2 Å². The molecule has 1 heterocycles. The SMILES string of the molecule is S=c1[nH]nc(C2CC2)n1-c1cccc2c1CCCC2. The van der Waals surface area contributed by atoms with E-state index in [9.17, 15) is 0 Å². The third-order valence-electron chi connectivity index (χ3n) is 4.25. The summed E-state index contributed by atoms with van der Waals surface area (Å²) in [6.45, 7) is 0. The van der Waals surface area contributed by atoms with E-state index in [0.717, 1.165) is 10.6 Å². The van der Waals surface area contributed by atoms with Crippen LogP contribution in [-0.2, 0) is 12.8 Å². The van der Waals surface area contributed by atoms with Crippen molar-refractivity contribution in [3.8, 4) is 5.69 Å². The van der Waals surface area contributed by atoms with Crippen LogP contribution in [-0.4, -0.2) is 14.8 Å². The second kappa shape index (κ2) is 4.30. The zero-order chi connectivity index (χ0) is 12.8. The van der Waals surface area contributed by atoms with Gasteiger partial charge in [0.05, 0.1) is 5.69 Å². The zero-order valence-electron chi connectivity index (χ0n) is 10.9. The van der Waals surface area contributed by atoms with Crippen molar-refractivity contribution in [1.82, 2.24) is 14.8 Å². The number of nitrogens with zero attached hydrogens (tertiary/aromatic N) is 2. The van der Waals surface area contributed by atoms with Gasteiger partial charge in [0.2, 0.25) is 0 Å². The first-order valence-electron chi connectivity index (χ1n) is 7.13. The van der Waals surface area contributed by atoms with Crippen molar-refractivity contribution in [1.29, 1.82) is 0 Å². The molecule has 1 saturated carbocycles. The van der Waals surface area contributed by atoms with Crippen LogP contribution in [0.2, 0.25) is 0 Å². The van der Waals surface area contributed by atoms with Gasteiger partial charge in [0.25, 0.3) is 0 Å². The Kier molecular flexibility index (Phi) is 2.58. The molecule has 4 rings (SSSR count). The number of benzene rings is 1. The first kappa shape index (κ1) is 11.4. The van der Waals surface area contributed by atoms with E-state index in [0.29, 0.717) is 5.92 Å². The molecule has 0 radical (unpaired) electrons. The van der Waals surface area contributed by atoms with Gasteiger partial charge in [0, 0.05) is 5.92 Å². The molecular weight excluding hydrogens is 254 g/mol. The average molecular weight is 271 g/mol. The summed E-state index contributed by atoms with van der Waals surface area (Å²) in [5.74, 6) is 1.73. The van der Waals surface area contributed by atoms with Crippen LogP contribution in [0, 0.1) is 4.77 Å². The number of aryl methyl sites for hydroxylation is 1. The van der Waals surface area contributed by atoms with Gasteiger partial charge in [0.1, 0.15) is 5.82 Å². The molecule has 0 aliphatic heterocycles. The fourth-order valence-corrected chi connectivity index (χ4v) is 3.37. The van der Waals surface area contributed by atoms with Crippen molar-refractivity contribution in [3.63, 3.8) is 0 Å². The summed E-state index contributed by atoms with van der Waals surface area (Å²) < 4.78 is 2.91. The smallest absolute Gasteiger partial charge is 0.199 e. The lowest BCUT2D eigenvalue weighted by molar-refractivity contribution is 0.679. The van der Waals surface area contributed by atoms with Crippen LogP contribution >= 0.6 is 12.2 Å². The van der Waals surface area contributed by atoms with Gasteiger partial charge >= 0.3 is 0 Å². The van der Waals surface area contributed by atoms with Crippen LogP contribution in [0.5, 0.6) is 0 Å². The highest BCUT2D eigenvalue weighted by molar-refractivity contribution is 7.71. The highest BCUT2D eigenvalue weighted by atomic mass is 32.1. The number of hydrogen-bond donors (Lipinski definition) is 1. The molecule has 0 atom stereocenters. The number of rotatable bonds is 2.